The van der Waals surface area contributed by atoms with Crippen molar-refractivity contribution in [2.24, 2.45) is 0 Å². The van der Waals surface area contributed by atoms with Gasteiger partial charge in [0.1, 0.15) is 11.6 Å². The molecule has 1 unspecified atom stereocenters. The van der Waals surface area contributed by atoms with Crippen LogP contribution in [0.4, 0.5) is 4.39 Å². The fraction of sp³-hybridized carbons (Fsp3) is 0.185. The molecule has 0 bridgehead atoms. The molecule has 1 atom stereocenters. The molecule has 0 aliphatic carbocycles. The Bertz CT molecular complexity index is 1380. The van der Waals surface area contributed by atoms with Crippen molar-refractivity contribution in [3.63, 3.8) is 0 Å². The highest BCUT2D eigenvalue weighted by molar-refractivity contribution is 7.17. The summed E-state index contributed by atoms with van der Waals surface area (Å²) in [6.45, 7) is -0.0840. The SMILES string of the molecule is O=C(O)COc1ccc(F)cc1C1c2ccccc2CCN1C(=O)Cc1csc2ccccc12. The number of hydrogen-bond donors (Lipinski definition) is 1. The zero-order valence-electron chi connectivity index (χ0n) is 18.2. The van der Waals surface area contributed by atoms with Gasteiger partial charge in [0.2, 0.25) is 5.91 Å². The minimum absolute atomic E-state index is 0.0727. The van der Waals surface area contributed by atoms with E-state index in [0.29, 0.717) is 18.5 Å². The Morgan fingerprint density at radius 1 is 1.06 bits per heavy atom. The van der Waals surface area contributed by atoms with Crippen molar-refractivity contribution < 1.29 is 23.8 Å². The van der Waals surface area contributed by atoms with Gasteiger partial charge in [-0.2, -0.15) is 0 Å². The minimum atomic E-state index is -1.13. The molecule has 1 N–H and O–H groups in total. The monoisotopic (exact) mass is 475 g/mol. The van der Waals surface area contributed by atoms with Gasteiger partial charge in [-0.25, -0.2) is 9.18 Å². The number of carboxylic acids is 1. The van der Waals surface area contributed by atoms with Crippen LogP contribution in [0.1, 0.15) is 28.3 Å². The first-order valence-electron chi connectivity index (χ1n) is 11.0. The average molecular weight is 476 g/mol. The zero-order chi connectivity index (χ0) is 23.7. The van der Waals surface area contributed by atoms with Crippen molar-refractivity contribution in [3.8, 4) is 5.75 Å². The number of amides is 1. The first-order valence-corrected chi connectivity index (χ1v) is 11.9. The Kier molecular flexibility index (Phi) is 6.02. The second kappa shape index (κ2) is 9.27. The summed E-state index contributed by atoms with van der Waals surface area (Å²) < 4.78 is 21.0. The van der Waals surface area contributed by atoms with Gasteiger partial charge in [0, 0.05) is 16.8 Å². The van der Waals surface area contributed by atoms with Gasteiger partial charge in [-0.3, -0.25) is 4.79 Å². The molecule has 34 heavy (non-hydrogen) atoms. The second-order valence-corrected chi connectivity index (χ2v) is 9.15. The smallest absolute Gasteiger partial charge is 0.341 e. The molecule has 3 aromatic carbocycles. The van der Waals surface area contributed by atoms with Crippen molar-refractivity contribution in [3.05, 3.63) is 100 Å². The lowest BCUT2D eigenvalue weighted by Crippen LogP contribution is -2.41. The molecule has 0 radical (unpaired) electrons. The highest BCUT2D eigenvalue weighted by Crippen LogP contribution is 2.40. The molecule has 1 aromatic heterocycles. The predicted molar refractivity (Wildman–Crippen MR) is 129 cm³/mol. The quantitative estimate of drug-likeness (QED) is 0.415. The summed E-state index contributed by atoms with van der Waals surface area (Å²) in [5.74, 6) is -1.42. The maximum atomic E-state index is 14.4. The molecular weight excluding hydrogens is 453 g/mol. The average Bonchev–Trinajstić information content (AvgIpc) is 3.25. The molecule has 1 aliphatic heterocycles. The number of halogens is 1. The van der Waals surface area contributed by atoms with Gasteiger partial charge in [0.15, 0.2) is 6.61 Å². The fourth-order valence-corrected chi connectivity index (χ4v) is 5.57. The van der Waals surface area contributed by atoms with Crippen LogP contribution in [-0.2, 0) is 22.4 Å². The van der Waals surface area contributed by atoms with Gasteiger partial charge in [-0.05, 0) is 58.1 Å². The van der Waals surface area contributed by atoms with E-state index in [0.717, 1.165) is 26.8 Å². The van der Waals surface area contributed by atoms with Gasteiger partial charge in [-0.15, -0.1) is 11.3 Å². The number of carboxylic acid groups (broad SMARTS) is 1. The Labute approximate surface area is 200 Å². The van der Waals surface area contributed by atoms with Crippen LogP contribution in [0, 0.1) is 5.82 Å². The van der Waals surface area contributed by atoms with Gasteiger partial charge in [-0.1, -0.05) is 42.5 Å². The third-order valence-electron chi connectivity index (χ3n) is 6.12. The molecule has 5 nitrogen and oxygen atoms in total. The van der Waals surface area contributed by atoms with E-state index >= 15 is 0 Å². The van der Waals surface area contributed by atoms with E-state index in [4.69, 9.17) is 9.84 Å². The number of nitrogens with zero attached hydrogens (tertiary/aromatic N) is 1. The third-order valence-corrected chi connectivity index (χ3v) is 7.14. The summed E-state index contributed by atoms with van der Waals surface area (Å²) in [4.78, 5) is 26.5. The van der Waals surface area contributed by atoms with Crippen molar-refractivity contribution >= 4 is 33.3 Å². The summed E-state index contributed by atoms with van der Waals surface area (Å²) in [7, 11) is 0. The number of carbonyl (C=O) groups is 2. The maximum Gasteiger partial charge on any atom is 0.341 e. The number of hydrogen-bond acceptors (Lipinski definition) is 4. The number of benzene rings is 3. The molecular formula is C27H22FNO4S. The molecule has 4 aromatic rings. The van der Waals surface area contributed by atoms with E-state index in [1.807, 2.05) is 53.9 Å². The van der Waals surface area contributed by atoms with E-state index in [2.05, 4.69) is 0 Å². The largest absolute Gasteiger partial charge is 0.482 e. The Morgan fingerprint density at radius 2 is 1.85 bits per heavy atom. The molecule has 7 heteroatoms. The van der Waals surface area contributed by atoms with Crippen LogP contribution in [0.2, 0.25) is 0 Å². The summed E-state index contributed by atoms with van der Waals surface area (Å²) in [6.07, 6.45) is 0.909. The zero-order valence-corrected chi connectivity index (χ0v) is 19.1. The highest BCUT2D eigenvalue weighted by Gasteiger charge is 2.34. The number of fused-ring (bicyclic) bond motifs is 2. The topological polar surface area (TPSA) is 66.8 Å². The molecule has 1 aliphatic rings. The number of aliphatic carboxylic acids is 1. The number of carbonyl (C=O) groups excluding carboxylic acids is 1. The van der Waals surface area contributed by atoms with Crippen LogP contribution < -0.4 is 4.74 Å². The van der Waals surface area contributed by atoms with Gasteiger partial charge in [0.25, 0.3) is 0 Å². The molecule has 5 rings (SSSR count). The lowest BCUT2D eigenvalue weighted by molar-refractivity contribution is -0.139. The number of rotatable bonds is 6. The summed E-state index contributed by atoms with van der Waals surface area (Å²) in [5, 5.41) is 12.2. The van der Waals surface area contributed by atoms with Crippen LogP contribution in [0.15, 0.2) is 72.1 Å². The lowest BCUT2D eigenvalue weighted by atomic mass is 9.87. The summed E-state index contributed by atoms with van der Waals surface area (Å²) in [5.41, 5.74) is 3.37. The van der Waals surface area contributed by atoms with E-state index < -0.39 is 24.4 Å². The van der Waals surface area contributed by atoms with E-state index in [9.17, 15) is 14.0 Å². The van der Waals surface area contributed by atoms with Gasteiger partial charge in [0.05, 0.1) is 12.5 Å². The second-order valence-electron chi connectivity index (χ2n) is 8.24. The number of ether oxygens (including phenoxy) is 1. The molecule has 0 saturated heterocycles. The van der Waals surface area contributed by atoms with Crippen LogP contribution in [0.5, 0.6) is 5.75 Å². The van der Waals surface area contributed by atoms with Crippen LogP contribution in [-0.4, -0.2) is 35.0 Å². The molecule has 0 fully saturated rings. The highest BCUT2D eigenvalue weighted by atomic mass is 32.1. The normalized spacial score (nSPS) is 15.2. The first kappa shape index (κ1) is 22.1. The van der Waals surface area contributed by atoms with Crippen molar-refractivity contribution in [1.82, 2.24) is 4.90 Å². The molecule has 0 spiro atoms. The summed E-state index contributed by atoms with van der Waals surface area (Å²) >= 11 is 1.61. The lowest BCUT2D eigenvalue weighted by Gasteiger charge is -2.38. The predicted octanol–water partition coefficient (Wildman–Crippen LogP) is 5.22. The number of thiophene rings is 1. The molecule has 1 amide bonds. The fourth-order valence-electron chi connectivity index (χ4n) is 4.61. The van der Waals surface area contributed by atoms with Crippen molar-refractivity contribution in [2.75, 3.05) is 13.2 Å². The summed E-state index contributed by atoms with van der Waals surface area (Å²) in [6, 6.07) is 19.2. The van der Waals surface area contributed by atoms with Crippen LogP contribution in [0.25, 0.3) is 10.1 Å². The first-order chi connectivity index (χ1) is 16.5. The molecule has 0 saturated carbocycles. The Morgan fingerprint density at radius 3 is 2.71 bits per heavy atom. The van der Waals surface area contributed by atoms with E-state index in [1.54, 1.807) is 16.2 Å². The van der Waals surface area contributed by atoms with Crippen molar-refractivity contribution in [2.45, 2.75) is 18.9 Å². The van der Waals surface area contributed by atoms with E-state index in [-0.39, 0.29) is 18.1 Å². The maximum absolute atomic E-state index is 14.4. The minimum Gasteiger partial charge on any atom is -0.482 e. The van der Waals surface area contributed by atoms with Gasteiger partial charge >= 0.3 is 5.97 Å². The third kappa shape index (κ3) is 4.26. The molecule has 2 heterocycles. The van der Waals surface area contributed by atoms with Crippen LogP contribution >= 0.6 is 11.3 Å². The standard InChI is InChI=1S/C27H22FNO4S/c28-19-9-10-23(33-15-26(31)32)22(14-19)27-21-7-2-1-5-17(21)11-12-29(27)25(30)13-18-16-34-24-8-4-3-6-20(18)24/h1-10,14,16,27H,11-13,15H2,(H,31,32). The molecule has 172 valence electrons. The Balaban J connectivity index is 1.56. The van der Waals surface area contributed by atoms with E-state index in [1.165, 1.54) is 18.2 Å². The van der Waals surface area contributed by atoms with Crippen LogP contribution in [0.3, 0.4) is 0 Å². The Hall–Kier alpha value is -3.71. The van der Waals surface area contributed by atoms with Gasteiger partial charge < -0.3 is 14.7 Å². The van der Waals surface area contributed by atoms with Crippen molar-refractivity contribution in [1.29, 1.82) is 0 Å².